The highest BCUT2D eigenvalue weighted by Crippen LogP contribution is 2.25. The van der Waals surface area contributed by atoms with Gasteiger partial charge in [0.1, 0.15) is 0 Å². The molecule has 1 N–H and O–H groups in total. The second-order valence-corrected chi connectivity index (χ2v) is 7.06. The number of carbonyl (C=O) groups excluding carboxylic acids is 1. The summed E-state index contributed by atoms with van der Waals surface area (Å²) in [4.78, 5) is 25.0. The van der Waals surface area contributed by atoms with Crippen LogP contribution in [0.1, 0.15) is 17.9 Å². The Morgan fingerprint density at radius 2 is 1.86 bits per heavy atom. The number of amides is 1. The van der Waals surface area contributed by atoms with Gasteiger partial charge in [-0.1, -0.05) is 35.0 Å². The summed E-state index contributed by atoms with van der Waals surface area (Å²) in [5.41, 5.74) is 3.89. The quantitative estimate of drug-likeness (QED) is 0.531. The van der Waals surface area contributed by atoms with Crippen molar-refractivity contribution in [3.05, 3.63) is 65.6 Å². The maximum absolute atomic E-state index is 12.2. The predicted molar refractivity (Wildman–Crippen MR) is 107 cm³/mol. The fourth-order valence-electron chi connectivity index (χ4n) is 2.56. The number of aromatic nitrogens is 4. The zero-order chi connectivity index (χ0) is 19.3. The number of anilines is 1. The molecule has 0 saturated carbocycles. The lowest BCUT2D eigenvalue weighted by atomic mass is 10.1. The number of hydrogen-bond donors (Lipinski definition) is 1. The minimum absolute atomic E-state index is 0.145. The van der Waals surface area contributed by atoms with Crippen molar-refractivity contribution in [2.24, 2.45) is 0 Å². The van der Waals surface area contributed by atoms with Crippen LogP contribution in [0.25, 0.3) is 22.6 Å². The van der Waals surface area contributed by atoms with Gasteiger partial charge in [0.05, 0.1) is 5.69 Å². The molecule has 4 aromatic rings. The number of carbonyl (C=O) groups is 1. The fourth-order valence-corrected chi connectivity index (χ4v) is 3.30. The van der Waals surface area contributed by atoms with Gasteiger partial charge >= 0.3 is 0 Å². The molecule has 7 nitrogen and oxygen atoms in total. The van der Waals surface area contributed by atoms with Crippen molar-refractivity contribution < 1.29 is 9.32 Å². The number of nitrogens with one attached hydrogen (secondary N) is 1. The van der Waals surface area contributed by atoms with E-state index in [1.807, 2.05) is 36.6 Å². The molecule has 1 amide bonds. The summed E-state index contributed by atoms with van der Waals surface area (Å²) in [6.45, 7) is 2.04. The first kappa shape index (κ1) is 18.0. The van der Waals surface area contributed by atoms with Gasteiger partial charge in [-0.05, 0) is 19.1 Å². The SMILES string of the molecule is Cc1ccc(-c2csc(NC(=O)CCc3nc(-c4ccncc4)no3)n2)cc1. The van der Waals surface area contributed by atoms with Gasteiger partial charge in [-0.15, -0.1) is 11.3 Å². The third kappa shape index (κ3) is 4.29. The van der Waals surface area contributed by atoms with E-state index in [-0.39, 0.29) is 12.3 Å². The molecule has 3 heterocycles. The summed E-state index contributed by atoms with van der Waals surface area (Å²) in [7, 11) is 0. The van der Waals surface area contributed by atoms with Crippen LogP contribution < -0.4 is 5.32 Å². The van der Waals surface area contributed by atoms with Crippen LogP contribution in [0.4, 0.5) is 5.13 Å². The molecule has 0 saturated heterocycles. The number of benzene rings is 1. The van der Waals surface area contributed by atoms with Crippen LogP contribution in [0.3, 0.4) is 0 Å². The minimum Gasteiger partial charge on any atom is -0.339 e. The van der Waals surface area contributed by atoms with Crippen LogP contribution in [0, 0.1) is 6.92 Å². The molecule has 0 aliphatic rings. The third-order valence-electron chi connectivity index (χ3n) is 4.07. The van der Waals surface area contributed by atoms with Crippen molar-refractivity contribution in [2.75, 3.05) is 5.32 Å². The summed E-state index contributed by atoms with van der Waals surface area (Å²) in [6.07, 6.45) is 3.92. The van der Waals surface area contributed by atoms with Gasteiger partial charge in [0.2, 0.25) is 17.6 Å². The van der Waals surface area contributed by atoms with Gasteiger partial charge in [-0.25, -0.2) is 4.98 Å². The Balaban J connectivity index is 1.33. The van der Waals surface area contributed by atoms with Gasteiger partial charge in [0.25, 0.3) is 0 Å². The first-order chi connectivity index (χ1) is 13.7. The van der Waals surface area contributed by atoms with Crippen molar-refractivity contribution >= 4 is 22.4 Å². The molecule has 0 aliphatic carbocycles. The number of nitrogens with zero attached hydrogens (tertiary/aromatic N) is 4. The Bertz CT molecular complexity index is 1070. The molecular formula is C20H17N5O2S. The van der Waals surface area contributed by atoms with Gasteiger partial charge in [0.15, 0.2) is 5.13 Å². The van der Waals surface area contributed by atoms with E-state index in [1.165, 1.54) is 16.9 Å². The number of hydrogen-bond acceptors (Lipinski definition) is 7. The number of aryl methyl sites for hydroxylation is 2. The van der Waals surface area contributed by atoms with Gasteiger partial charge < -0.3 is 9.84 Å². The van der Waals surface area contributed by atoms with Crippen molar-refractivity contribution in [1.82, 2.24) is 20.1 Å². The Morgan fingerprint density at radius 3 is 2.64 bits per heavy atom. The van der Waals surface area contributed by atoms with Crippen LogP contribution in [0.2, 0.25) is 0 Å². The molecule has 4 rings (SSSR count). The van der Waals surface area contributed by atoms with E-state index in [4.69, 9.17) is 4.52 Å². The highest BCUT2D eigenvalue weighted by molar-refractivity contribution is 7.14. The van der Waals surface area contributed by atoms with E-state index < -0.39 is 0 Å². The molecule has 0 aliphatic heterocycles. The Kier molecular flexibility index (Phi) is 5.20. The lowest BCUT2D eigenvalue weighted by Crippen LogP contribution is -2.12. The molecule has 1 aromatic carbocycles. The van der Waals surface area contributed by atoms with E-state index in [2.05, 4.69) is 25.4 Å². The Labute approximate surface area is 165 Å². The Morgan fingerprint density at radius 1 is 1.07 bits per heavy atom. The van der Waals surface area contributed by atoms with Crippen molar-refractivity contribution in [1.29, 1.82) is 0 Å². The maximum Gasteiger partial charge on any atom is 0.227 e. The molecule has 3 aromatic heterocycles. The number of thiazole rings is 1. The topological polar surface area (TPSA) is 93.8 Å². The molecule has 28 heavy (non-hydrogen) atoms. The zero-order valence-corrected chi connectivity index (χ0v) is 15.9. The smallest absolute Gasteiger partial charge is 0.227 e. The van der Waals surface area contributed by atoms with Crippen LogP contribution in [0.5, 0.6) is 0 Å². The molecular weight excluding hydrogens is 374 g/mol. The van der Waals surface area contributed by atoms with Crippen LogP contribution >= 0.6 is 11.3 Å². The summed E-state index contributed by atoms with van der Waals surface area (Å²) in [6, 6.07) is 11.7. The average molecular weight is 391 g/mol. The standard InChI is InChI=1S/C20H17N5O2S/c1-13-2-4-14(5-3-13)16-12-28-20(22-16)23-17(26)6-7-18-24-19(25-27-18)15-8-10-21-11-9-15/h2-5,8-12H,6-7H2,1H3,(H,22,23,26). The summed E-state index contributed by atoms with van der Waals surface area (Å²) < 4.78 is 5.22. The van der Waals surface area contributed by atoms with Gasteiger partial charge in [0, 0.05) is 41.7 Å². The summed E-state index contributed by atoms with van der Waals surface area (Å²) in [5.74, 6) is 0.760. The molecule has 0 atom stereocenters. The normalized spacial score (nSPS) is 10.8. The molecule has 0 spiro atoms. The van der Waals surface area contributed by atoms with Crippen molar-refractivity contribution in [2.45, 2.75) is 19.8 Å². The maximum atomic E-state index is 12.2. The second-order valence-electron chi connectivity index (χ2n) is 6.20. The summed E-state index contributed by atoms with van der Waals surface area (Å²) >= 11 is 1.40. The van der Waals surface area contributed by atoms with Crippen molar-refractivity contribution in [3.8, 4) is 22.6 Å². The van der Waals surface area contributed by atoms with Crippen LogP contribution in [-0.4, -0.2) is 26.0 Å². The third-order valence-corrected chi connectivity index (χ3v) is 4.83. The average Bonchev–Trinajstić information content (AvgIpc) is 3.37. The largest absolute Gasteiger partial charge is 0.339 e. The lowest BCUT2D eigenvalue weighted by molar-refractivity contribution is -0.116. The fraction of sp³-hybridized carbons (Fsp3) is 0.150. The van der Waals surface area contributed by atoms with Crippen molar-refractivity contribution in [3.63, 3.8) is 0 Å². The van der Waals surface area contributed by atoms with Gasteiger partial charge in [-0.3, -0.25) is 9.78 Å². The predicted octanol–water partition coefficient (Wildman–Crippen LogP) is 4.13. The zero-order valence-electron chi connectivity index (χ0n) is 15.1. The van der Waals surface area contributed by atoms with E-state index >= 15 is 0 Å². The highest BCUT2D eigenvalue weighted by Gasteiger charge is 2.12. The van der Waals surface area contributed by atoms with Crippen LogP contribution in [0.15, 0.2) is 58.7 Å². The first-order valence-corrected chi connectivity index (χ1v) is 9.61. The molecule has 0 radical (unpaired) electrons. The molecule has 8 heteroatoms. The molecule has 140 valence electrons. The lowest BCUT2D eigenvalue weighted by Gasteiger charge is -2.00. The minimum atomic E-state index is -0.145. The summed E-state index contributed by atoms with van der Waals surface area (Å²) in [5, 5.41) is 9.26. The van der Waals surface area contributed by atoms with Gasteiger partial charge in [-0.2, -0.15) is 4.98 Å². The highest BCUT2D eigenvalue weighted by atomic mass is 32.1. The van der Waals surface area contributed by atoms with Crippen LogP contribution in [-0.2, 0) is 11.2 Å². The second kappa shape index (κ2) is 8.10. The number of pyridine rings is 1. The molecule has 0 unspecified atom stereocenters. The Hall–Kier alpha value is -3.39. The number of rotatable bonds is 6. The first-order valence-electron chi connectivity index (χ1n) is 8.73. The van der Waals surface area contributed by atoms with E-state index in [0.29, 0.717) is 23.3 Å². The van der Waals surface area contributed by atoms with E-state index in [0.717, 1.165) is 16.8 Å². The molecule has 0 fully saturated rings. The van der Waals surface area contributed by atoms with E-state index in [9.17, 15) is 4.79 Å². The monoisotopic (exact) mass is 391 g/mol. The van der Waals surface area contributed by atoms with E-state index in [1.54, 1.807) is 24.5 Å². The molecule has 0 bridgehead atoms.